The van der Waals surface area contributed by atoms with E-state index in [0.717, 1.165) is 23.3 Å². The minimum Gasteiger partial charge on any atom is -0.494 e. The summed E-state index contributed by atoms with van der Waals surface area (Å²) in [5, 5.41) is 9.23. The molecule has 0 bridgehead atoms. The molecule has 2 aromatic carbocycles. The van der Waals surface area contributed by atoms with Crippen LogP contribution in [0.4, 0.5) is 5.69 Å². The number of hydrogen-bond acceptors (Lipinski definition) is 5. The van der Waals surface area contributed by atoms with Crippen LogP contribution in [-0.4, -0.2) is 27.9 Å². The van der Waals surface area contributed by atoms with Gasteiger partial charge in [-0.2, -0.15) is 0 Å². The Morgan fingerprint density at radius 2 is 1.96 bits per heavy atom. The number of thiocarbonyl (C=S) groups is 1. The largest absolute Gasteiger partial charge is 0.494 e. The molecule has 0 aromatic heterocycles. The van der Waals surface area contributed by atoms with Crippen molar-refractivity contribution in [1.82, 2.24) is 0 Å². The average molecular weight is 414 g/mol. The third-order valence-electron chi connectivity index (χ3n) is 4.14. The Hall–Kier alpha value is -2.64. The number of anilines is 1. The summed E-state index contributed by atoms with van der Waals surface area (Å²) >= 11 is 6.59. The van der Waals surface area contributed by atoms with Gasteiger partial charge in [0.15, 0.2) is 4.32 Å². The molecule has 144 valence electrons. The van der Waals surface area contributed by atoms with Crippen LogP contribution in [0.25, 0.3) is 6.08 Å². The van der Waals surface area contributed by atoms with Crippen molar-refractivity contribution in [2.45, 2.75) is 20.3 Å². The molecule has 5 nitrogen and oxygen atoms in total. The van der Waals surface area contributed by atoms with Crippen LogP contribution in [0.3, 0.4) is 0 Å². The second-order valence-electron chi connectivity index (χ2n) is 6.24. The number of benzene rings is 2. The lowest BCUT2D eigenvalue weighted by Crippen LogP contribution is -2.28. The first kappa shape index (κ1) is 20.1. The summed E-state index contributed by atoms with van der Waals surface area (Å²) < 4.78 is 5.95. The normalized spacial score (nSPS) is 15.4. The molecule has 1 fully saturated rings. The molecular weight excluding hydrogens is 394 g/mol. The van der Waals surface area contributed by atoms with Crippen LogP contribution in [0.1, 0.15) is 34.8 Å². The van der Waals surface area contributed by atoms with Gasteiger partial charge >= 0.3 is 5.97 Å². The second-order valence-corrected chi connectivity index (χ2v) is 7.92. The molecule has 0 atom stereocenters. The highest BCUT2D eigenvalue weighted by Gasteiger charge is 2.34. The SMILES string of the molecule is CCCOc1ccc(/C=C2\SC(=S)N(c3cc(C(=O)O)ccc3C)C2=O)cc1. The van der Waals surface area contributed by atoms with Gasteiger partial charge in [0.25, 0.3) is 5.91 Å². The van der Waals surface area contributed by atoms with Crippen molar-refractivity contribution in [3.63, 3.8) is 0 Å². The topological polar surface area (TPSA) is 66.8 Å². The van der Waals surface area contributed by atoms with E-state index in [4.69, 9.17) is 17.0 Å². The van der Waals surface area contributed by atoms with Gasteiger partial charge in [0.1, 0.15) is 5.75 Å². The van der Waals surface area contributed by atoms with Crippen molar-refractivity contribution in [3.8, 4) is 5.75 Å². The fourth-order valence-electron chi connectivity index (χ4n) is 2.69. The van der Waals surface area contributed by atoms with Crippen molar-refractivity contribution in [3.05, 3.63) is 64.1 Å². The third kappa shape index (κ3) is 4.26. The molecule has 1 N–H and O–H groups in total. The molecule has 2 aromatic rings. The average Bonchev–Trinajstić information content (AvgIpc) is 2.95. The first-order chi connectivity index (χ1) is 13.4. The summed E-state index contributed by atoms with van der Waals surface area (Å²) in [6.45, 7) is 4.52. The van der Waals surface area contributed by atoms with E-state index in [1.807, 2.05) is 38.1 Å². The number of thioether (sulfide) groups is 1. The fraction of sp³-hybridized carbons (Fsp3) is 0.190. The third-order valence-corrected chi connectivity index (χ3v) is 5.44. The molecule has 0 aliphatic carbocycles. The van der Waals surface area contributed by atoms with E-state index in [1.54, 1.807) is 12.1 Å². The van der Waals surface area contributed by atoms with E-state index in [9.17, 15) is 14.7 Å². The number of carboxylic acids is 1. The first-order valence-electron chi connectivity index (χ1n) is 8.75. The maximum atomic E-state index is 12.9. The maximum absolute atomic E-state index is 12.9. The second kappa shape index (κ2) is 8.58. The molecule has 7 heteroatoms. The van der Waals surface area contributed by atoms with Gasteiger partial charge in [0.05, 0.1) is 22.8 Å². The smallest absolute Gasteiger partial charge is 0.335 e. The Kier molecular flexibility index (Phi) is 6.16. The lowest BCUT2D eigenvalue weighted by Gasteiger charge is -2.17. The van der Waals surface area contributed by atoms with E-state index in [0.29, 0.717) is 21.5 Å². The lowest BCUT2D eigenvalue weighted by atomic mass is 10.1. The van der Waals surface area contributed by atoms with Crippen molar-refractivity contribution in [2.24, 2.45) is 0 Å². The number of aryl methyl sites for hydroxylation is 1. The Morgan fingerprint density at radius 1 is 1.25 bits per heavy atom. The molecular formula is C21H19NO4S2. The monoisotopic (exact) mass is 413 g/mol. The zero-order valence-corrected chi connectivity index (χ0v) is 17.1. The Labute approximate surface area is 173 Å². The van der Waals surface area contributed by atoms with E-state index in [1.165, 1.54) is 28.8 Å². The van der Waals surface area contributed by atoms with Crippen LogP contribution in [0, 0.1) is 6.92 Å². The Morgan fingerprint density at radius 3 is 2.61 bits per heavy atom. The summed E-state index contributed by atoms with van der Waals surface area (Å²) in [4.78, 5) is 26.1. The number of carbonyl (C=O) groups is 2. The molecule has 1 amide bonds. The molecule has 0 spiro atoms. The van der Waals surface area contributed by atoms with Crippen LogP contribution in [0.5, 0.6) is 5.75 Å². The van der Waals surface area contributed by atoms with E-state index >= 15 is 0 Å². The number of aromatic carboxylic acids is 1. The van der Waals surface area contributed by atoms with Gasteiger partial charge < -0.3 is 9.84 Å². The lowest BCUT2D eigenvalue weighted by molar-refractivity contribution is -0.113. The van der Waals surface area contributed by atoms with Gasteiger partial charge in [-0.1, -0.05) is 49.1 Å². The van der Waals surface area contributed by atoms with E-state index in [-0.39, 0.29) is 11.5 Å². The Bertz CT molecular complexity index is 967. The van der Waals surface area contributed by atoms with Crippen LogP contribution in [-0.2, 0) is 4.79 Å². The Balaban J connectivity index is 1.87. The predicted molar refractivity (Wildman–Crippen MR) is 116 cm³/mol. The number of nitrogens with zero attached hydrogens (tertiary/aromatic N) is 1. The van der Waals surface area contributed by atoms with Gasteiger partial charge in [-0.05, 0) is 54.8 Å². The summed E-state index contributed by atoms with van der Waals surface area (Å²) in [5.41, 5.74) is 2.25. The van der Waals surface area contributed by atoms with Crippen molar-refractivity contribution in [1.29, 1.82) is 0 Å². The zero-order chi connectivity index (χ0) is 20.3. The molecule has 1 heterocycles. The van der Waals surface area contributed by atoms with Crippen molar-refractivity contribution in [2.75, 3.05) is 11.5 Å². The molecule has 0 unspecified atom stereocenters. The zero-order valence-electron chi connectivity index (χ0n) is 15.5. The molecule has 0 saturated carbocycles. The highest BCUT2D eigenvalue weighted by molar-refractivity contribution is 8.27. The quantitative estimate of drug-likeness (QED) is 0.537. The number of hydrogen-bond donors (Lipinski definition) is 1. The molecule has 28 heavy (non-hydrogen) atoms. The number of carbonyl (C=O) groups excluding carboxylic acids is 1. The molecule has 1 saturated heterocycles. The van der Waals surface area contributed by atoms with Gasteiger partial charge in [0.2, 0.25) is 0 Å². The summed E-state index contributed by atoms with van der Waals surface area (Å²) in [7, 11) is 0. The maximum Gasteiger partial charge on any atom is 0.335 e. The van der Waals surface area contributed by atoms with Gasteiger partial charge in [-0.25, -0.2) is 4.79 Å². The first-order valence-corrected chi connectivity index (χ1v) is 9.98. The highest BCUT2D eigenvalue weighted by Crippen LogP contribution is 2.37. The summed E-state index contributed by atoms with van der Waals surface area (Å²) in [6, 6.07) is 12.2. The van der Waals surface area contributed by atoms with Crippen LogP contribution >= 0.6 is 24.0 Å². The van der Waals surface area contributed by atoms with Gasteiger partial charge in [-0.3, -0.25) is 9.69 Å². The predicted octanol–water partition coefficient (Wildman–Crippen LogP) is 4.89. The number of rotatable bonds is 6. The molecule has 0 radical (unpaired) electrons. The summed E-state index contributed by atoms with van der Waals surface area (Å²) in [5.74, 6) is -0.521. The minimum absolute atomic E-state index is 0.112. The minimum atomic E-state index is -1.05. The van der Waals surface area contributed by atoms with Crippen molar-refractivity contribution < 1.29 is 19.4 Å². The van der Waals surface area contributed by atoms with E-state index < -0.39 is 5.97 Å². The standard InChI is InChI=1S/C21H19NO4S2/c1-3-10-26-16-8-5-14(6-9-16)11-18-19(23)22(21(27)28-18)17-12-15(20(24)25)7-4-13(17)2/h4-9,11-12H,3,10H2,1-2H3,(H,24,25)/b18-11-. The van der Waals surface area contributed by atoms with E-state index in [2.05, 4.69) is 0 Å². The van der Waals surface area contributed by atoms with Crippen LogP contribution < -0.4 is 9.64 Å². The van der Waals surface area contributed by atoms with Gasteiger partial charge in [-0.15, -0.1) is 0 Å². The number of ether oxygens (including phenoxy) is 1. The molecule has 3 rings (SSSR count). The number of carboxylic acid groups (broad SMARTS) is 1. The number of amides is 1. The van der Waals surface area contributed by atoms with Crippen molar-refractivity contribution >= 4 is 51.9 Å². The van der Waals surface area contributed by atoms with Crippen LogP contribution in [0.15, 0.2) is 47.4 Å². The summed E-state index contributed by atoms with van der Waals surface area (Å²) in [6.07, 6.45) is 2.71. The fourth-order valence-corrected chi connectivity index (χ4v) is 3.98. The highest BCUT2D eigenvalue weighted by atomic mass is 32.2. The van der Waals surface area contributed by atoms with Crippen LogP contribution in [0.2, 0.25) is 0 Å². The molecule has 1 aliphatic heterocycles. The van der Waals surface area contributed by atoms with Gasteiger partial charge in [0, 0.05) is 0 Å². The molecule has 1 aliphatic rings.